The number of pyridine rings is 1. The van der Waals surface area contributed by atoms with Crippen LogP contribution in [0.4, 0.5) is 0 Å². The molecule has 4 aromatic rings. The number of aromatic nitrogens is 6. The van der Waals surface area contributed by atoms with Gasteiger partial charge < -0.3 is 9.30 Å². The van der Waals surface area contributed by atoms with Gasteiger partial charge in [-0.15, -0.1) is 5.10 Å². The molecule has 3 aromatic heterocycles. The minimum Gasteiger partial charge on any atom is -0.497 e. The van der Waals surface area contributed by atoms with Gasteiger partial charge in [-0.1, -0.05) is 17.3 Å². The zero-order chi connectivity index (χ0) is 19.7. The Balaban J connectivity index is 1.63. The summed E-state index contributed by atoms with van der Waals surface area (Å²) in [5.74, 6) is 0.838. The first-order valence-electron chi connectivity index (χ1n) is 8.73. The Labute approximate surface area is 171 Å². The second-order valence-corrected chi connectivity index (χ2v) is 7.20. The van der Waals surface area contributed by atoms with Crippen LogP contribution in [-0.4, -0.2) is 36.6 Å². The lowest BCUT2D eigenvalue weighted by molar-refractivity contribution is 0.414. The van der Waals surface area contributed by atoms with Crippen LogP contribution in [0.3, 0.4) is 0 Å². The Morgan fingerprint density at radius 1 is 1.07 bits per heavy atom. The molecule has 0 N–H and O–H groups in total. The number of nitrogens with zero attached hydrogens (tertiary/aromatic N) is 6. The third kappa shape index (κ3) is 3.43. The van der Waals surface area contributed by atoms with Gasteiger partial charge >= 0.3 is 0 Å². The standard InChI is InChI=1S/C20H19BrN6O/c1-13-18(24-25-27(13)11-14-4-6-16(28-3)7-5-14)15-8-9-22-17(10-15)19-20(21)26(2)12-23-19/h4-10,12H,11H2,1-3H3. The van der Waals surface area contributed by atoms with Gasteiger partial charge in [0.2, 0.25) is 0 Å². The van der Waals surface area contributed by atoms with Crippen molar-refractivity contribution in [3.05, 3.63) is 64.8 Å². The van der Waals surface area contributed by atoms with E-state index >= 15 is 0 Å². The van der Waals surface area contributed by atoms with Gasteiger partial charge in [0.1, 0.15) is 21.7 Å². The van der Waals surface area contributed by atoms with Gasteiger partial charge in [0.25, 0.3) is 0 Å². The first-order chi connectivity index (χ1) is 13.6. The first-order valence-corrected chi connectivity index (χ1v) is 9.52. The highest BCUT2D eigenvalue weighted by Crippen LogP contribution is 2.28. The van der Waals surface area contributed by atoms with E-state index in [1.165, 1.54) is 0 Å². The van der Waals surface area contributed by atoms with E-state index in [0.29, 0.717) is 6.54 Å². The van der Waals surface area contributed by atoms with Crippen molar-refractivity contribution in [1.82, 2.24) is 29.5 Å². The number of ether oxygens (including phenoxy) is 1. The zero-order valence-electron chi connectivity index (χ0n) is 15.8. The summed E-state index contributed by atoms with van der Waals surface area (Å²) in [6, 6.07) is 11.9. The second kappa shape index (κ2) is 7.55. The monoisotopic (exact) mass is 438 g/mol. The van der Waals surface area contributed by atoms with Crippen molar-refractivity contribution < 1.29 is 4.74 Å². The summed E-state index contributed by atoms with van der Waals surface area (Å²) in [5, 5.41) is 8.74. The van der Waals surface area contributed by atoms with Crippen LogP contribution >= 0.6 is 15.9 Å². The normalized spacial score (nSPS) is 11.0. The van der Waals surface area contributed by atoms with Crippen LogP contribution in [0.15, 0.2) is 53.5 Å². The molecule has 0 aliphatic carbocycles. The molecule has 0 fully saturated rings. The molecule has 0 bridgehead atoms. The Hall–Kier alpha value is -3.00. The summed E-state index contributed by atoms with van der Waals surface area (Å²) in [7, 11) is 3.59. The van der Waals surface area contributed by atoms with Gasteiger partial charge in [0.05, 0.1) is 31.4 Å². The van der Waals surface area contributed by atoms with E-state index in [4.69, 9.17) is 4.74 Å². The van der Waals surface area contributed by atoms with E-state index in [1.54, 1.807) is 19.6 Å². The van der Waals surface area contributed by atoms with Gasteiger partial charge in [-0.05, 0) is 52.7 Å². The number of imidazole rings is 1. The van der Waals surface area contributed by atoms with Crippen LogP contribution < -0.4 is 4.74 Å². The van der Waals surface area contributed by atoms with E-state index in [1.807, 2.05) is 59.6 Å². The van der Waals surface area contributed by atoms with E-state index in [0.717, 1.165) is 44.3 Å². The van der Waals surface area contributed by atoms with Crippen LogP contribution in [0, 0.1) is 6.92 Å². The van der Waals surface area contributed by atoms with Crippen LogP contribution in [0.25, 0.3) is 22.6 Å². The van der Waals surface area contributed by atoms with Crippen molar-refractivity contribution in [2.24, 2.45) is 7.05 Å². The molecule has 0 radical (unpaired) electrons. The van der Waals surface area contributed by atoms with Gasteiger partial charge in [0, 0.05) is 18.8 Å². The minimum absolute atomic E-state index is 0.645. The van der Waals surface area contributed by atoms with Crippen molar-refractivity contribution in [1.29, 1.82) is 0 Å². The summed E-state index contributed by atoms with van der Waals surface area (Å²) in [5.41, 5.74) is 5.51. The maximum Gasteiger partial charge on any atom is 0.121 e. The largest absolute Gasteiger partial charge is 0.497 e. The fourth-order valence-electron chi connectivity index (χ4n) is 2.98. The van der Waals surface area contributed by atoms with Crippen molar-refractivity contribution in [3.8, 4) is 28.4 Å². The molecular weight excluding hydrogens is 420 g/mol. The average molecular weight is 439 g/mol. The number of rotatable bonds is 5. The Kier molecular flexibility index (Phi) is 4.95. The van der Waals surface area contributed by atoms with Crippen LogP contribution in [-0.2, 0) is 13.6 Å². The van der Waals surface area contributed by atoms with E-state index in [-0.39, 0.29) is 0 Å². The van der Waals surface area contributed by atoms with Crippen molar-refractivity contribution in [2.75, 3.05) is 7.11 Å². The molecular formula is C20H19BrN6O. The van der Waals surface area contributed by atoms with Crippen LogP contribution in [0.1, 0.15) is 11.3 Å². The lowest BCUT2D eigenvalue weighted by Gasteiger charge is -2.06. The highest BCUT2D eigenvalue weighted by atomic mass is 79.9. The topological polar surface area (TPSA) is 70.7 Å². The predicted molar refractivity (Wildman–Crippen MR) is 110 cm³/mol. The molecule has 0 aliphatic rings. The molecule has 0 saturated carbocycles. The third-order valence-corrected chi connectivity index (χ3v) is 5.55. The molecule has 3 heterocycles. The summed E-state index contributed by atoms with van der Waals surface area (Å²) >= 11 is 3.55. The molecule has 28 heavy (non-hydrogen) atoms. The lowest BCUT2D eigenvalue weighted by Crippen LogP contribution is -2.04. The highest BCUT2D eigenvalue weighted by molar-refractivity contribution is 9.10. The van der Waals surface area contributed by atoms with E-state index in [9.17, 15) is 0 Å². The lowest BCUT2D eigenvalue weighted by atomic mass is 10.1. The fourth-order valence-corrected chi connectivity index (χ4v) is 3.37. The van der Waals surface area contributed by atoms with Crippen LogP contribution in [0.5, 0.6) is 5.75 Å². The van der Waals surface area contributed by atoms with Crippen molar-refractivity contribution in [2.45, 2.75) is 13.5 Å². The van der Waals surface area contributed by atoms with Crippen LogP contribution in [0.2, 0.25) is 0 Å². The molecule has 0 atom stereocenters. The summed E-state index contributed by atoms with van der Waals surface area (Å²) in [4.78, 5) is 8.88. The molecule has 4 rings (SSSR count). The number of benzene rings is 1. The maximum absolute atomic E-state index is 5.21. The number of hydrogen-bond acceptors (Lipinski definition) is 5. The summed E-state index contributed by atoms with van der Waals surface area (Å²) in [6.45, 7) is 2.67. The van der Waals surface area contributed by atoms with Gasteiger partial charge in [-0.3, -0.25) is 4.98 Å². The van der Waals surface area contributed by atoms with Gasteiger partial charge in [-0.2, -0.15) is 0 Å². The average Bonchev–Trinajstić information content (AvgIpc) is 3.25. The highest BCUT2D eigenvalue weighted by Gasteiger charge is 2.15. The molecule has 0 unspecified atom stereocenters. The molecule has 0 amide bonds. The molecule has 0 aliphatic heterocycles. The first kappa shape index (κ1) is 18.4. The van der Waals surface area contributed by atoms with E-state index < -0.39 is 0 Å². The van der Waals surface area contributed by atoms with E-state index in [2.05, 4.69) is 36.2 Å². The van der Waals surface area contributed by atoms with Gasteiger partial charge in [0.15, 0.2) is 0 Å². The minimum atomic E-state index is 0.645. The number of aryl methyl sites for hydroxylation is 1. The zero-order valence-corrected chi connectivity index (χ0v) is 17.4. The molecule has 8 heteroatoms. The molecule has 7 nitrogen and oxygen atoms in total. The van der Waals surface area contributed by atoms with Gasteiger partial charge in [-0.25, -0.2) is 9.67 Å². The molecule has 0 spiro atoms. The quantitative estimate of drug-likeness (QED) is 0.472. The van der Waals surface area contributed by atoms with Crippen molar-refractivity contribution in [3.63, 3.8) is 0 Å². The number of methoxy groups -OCH3 is 1. The molecule has 0 saturated heterocycles. The third-order valence-electron chi connectivity index (χ3n) is 4.62. The predicted octanol–water partition coefficient (Wildman–Crippen LogP) is 3.87. The fraction of sp³-hybridized carbons (Fsp3) is 0.200. The second-order valence-electron chi connectivity index (χ2n) is 6.45. The Morgan fingerprint density at radius 3 is 2.54 bits per heavy atom. The Morgan fingerprint density at radius 2 is 1.86 bits per heavy atom. The molecule has 1 aromatic carbocycles. The SMILES string of the molecule is COc1ccc(Cn2nnc(-c3ccnc(-c4ncn(C)c4Br)c3)c2C)cc1. The summed E-state index contributed by atoms with van der Waals surface area (Å²) < 4.78 is 9.90. The smallest absolute Gasteiger partial charge is 0.121 e. The Bertz CT molecular complexity index is 1120. The summed E-state index contributed by atoms with van der Waals surface area (Å²) in [6.07, 6.45) is 3.53. The molecule has 142 valence electrons. The maximum atomic E-state index is 5.21. The number of hydrogen-bond donors (Lipinski definition) is 0. The number of halogens is 1. The van der Waals surface area contributed by atoms with Crippen molar-refractivity contribution >= 4 is 15.9 Å².